The van der Waals surface area contributed by atoms with Crippen molar-refractivity contribution in [2.45, 2.75) is 38.0 Å². The second-order valence-corrected chi connectivity index (χ2v) is 7.26. The fraction of sp³-hybridized carbons (Fsp3) is 0.650. The number of hydrogen-bond donors (Lipinski definition) is 1. The first-order valence-corrected chi connectivity index (χ1v) is 9.36. The monoisotopic (exact) mass is 457 g/mol. The molecule has 2 fully saturated rings. The summed E-state index contributed by atoms with van der Waals surface area (Å²) in [5.74, 6) is 1.83. The van der Waals surface area contributed by atoms with Crippen molar-refractivity contribution in [1.82, 2.24) is 10.2 Å². The van der Waals surface area contributed by atoms with Gasteiger partial charge in [0.2, 0.25) is 0 Å². The van der Waals surface area contributed by atoms with Gasteiger partial charge in [-0.05, 0) is 44.1 Å². The topological polar surface area (TPSA) is 36.9 Å². The van der Waals surface area contributed by atoms with Gasteiger partial charge in [0.1, 0.15) is 0 Å². The van der Waals surface area contributed by atoms with Gasteiger partial charge in [-0.3, -0.25) is 4.99 Å². The van der Waals surface area contributed by atoms with Crippen LogP contribution in [0.25, 0.3) is 0 Å². The average Bonchev–Trinajstić information content (AvgIpc) is 3.52. The molecule has 2 aliphatic rings. The number of nitrogens with zero attached hydrogens (tertiary/aromatic N) is 2. The van der Waals surface area contributed by atoms with Crippen LogP contribution >= 0.6 is 24.0 Å². The van der Waals surface area contributed by atoms with Crippen LogP contribution in [0.1, 0.15) is 38.2 Å². The van der Waals surface area contributed by atoms with Gasteiger partial charge < -0.3 is 15.0 Å². The Labute approximate surface area is 169 Å². The molecule has 0 spiro atoms. The highest BCUT2D eigenvalue weighted by molar-refractivity contribution is 14.0. The van der Waals surface area contributed by atoms with Gasteiger partial charge in [0.15, 0.2) is 5.96 Å². The van der Waals surface area contributed by atoms with Crippen molar-refractivity contribution in [3.8, 4) is 0 Å². The number of ether oxygens (including phenoxy) is 1. The zero-order chi connectivity index (χ0) is 16.8. The smallest absolute Gasteiger partial charge is 0.193 e. The predicted molar refractivity (Wildman–Crippen MR) is 115 cm³/mol. The number of aliphatic imine (C=N–C) groups is 1. The number of guanidine groups is 1. The molecule has 3 rings (SSSR count). The van der Waals surface area contributed by atoms with Crippen molar-refractivity contribution in [2.24, 2.45) is 10.9 Å². The average molecular weight is 457 g/mol. The molecule has 140 valence electrons. The fourth-order valence-electron chi connectivity index (χ4n) is 3.02. The summed E-state index contributed by atoms with van der Waals surface area (Å²) in [5, 5.41) is 3.42. The number of rotatable bonds is 9. The lowest BCUT2D eigenvalue weighted by Gasteiger charge is -2.23. The molecule has 0 aromatic heterocycles. The highest BCUT2D eigenvalue weighted by Crippen LogP contribution is 2.48. The van der Waals surface area contributed by atoms with Gasteiger partial charge in [-0.15, -0.1) is 24.0 Å². The summed E-state index contributed by atoms with van der Waals surface area (Å²) in [6, 6.07) is 10.8. The summed E-state index contributed by atoms with van der Waals surface area (Å²) in [4.78, 5) is 7.12. The third kappa shape index (κ3) is 6.13. The molecule has 4 nitrogen and oxygen atoms in total. The molecule has 2 aliphatic carbocycles. The van der Waals surface area contributed by atoms with Crippen molar-refractivity contribution < 1.29 is 4.74 Å². The van der Waals surface area contributed by atoms with Crippen LogP contribution in [0, 0.1) is 5.92 Å². The van der Waals surface area contributed by atoms with Crippen LogP contribution in [0.5, 0.6) is 0 Å². The van der Waals surface area contributed by atoms with Crippen LogP contribution in [0.15, 0.2) is 35.3 Å². The molecule has 0 amide bonds. The molecule has 5 heteroatoms. The number of nitrogens with one attached hydrogen (secondary N) is 1. The Bertz CT molecular complexity index is 541. The minimum Gasteiger partial charge on any atom is -0.379 e. The van der Waals surface area contributed by atoms with Crippen molar-refractivity contribution in [3.05, 3.63) is 35.9 Å². The Morgan fingerprint density at radius 1 is 1.28 bits per heavy atom. The SMILES string of the molecule is CCNC(=NCC1(c2ccccc2)CC1)N(C)CCOCC1CC1.I. The normalized spacial score (nSPS) is 18.4. The highest BCUT2D eigenvalue weighted by atomic mass is 127. The lowest BCUT2D eigenvalue weighted by atomic mass is 9.96. The second-order valence-electron chi connectivity index (χ2n) is 7.26. The Balaban J connectivity index is 0.00000225. The summed E-state index contributed by atoms with van der Waals surface area (Å²) < 4.78 is 5.76. The van der Waals surface area contributed by atoms with Crippen LogP contribution < -0.4 is 5.32 Å². The molecule has 0 radical (unpaired) electrons. The standard InChI is InChI=1S/C20H31N3O.HI/c1-3-21-19(23(2)13-14-24-15-17-9-10-17)22-16-20(11-12-20)18-7-5-4-6-8-18;/h4-8,17H,3,9-16H2,1-2H3,(H,21,22);1H. The molecule has 1 aromatic carbocycles. The van der Waals surface area contributed by atoms with Crippen molar-refractivity contribution in [3.63, 3.8) is 0 Å². The molecule has 0 bridgehead atoms. The third-order valence-electron chi connectivity index (χ3n) is 5.09. The first-order valence-electron chi connectivity index (χ1n) is 9.36. The van der Waals surface area contributed by atoms with Gasteiger partial charge in [-0.25, -0.2) is 0 Å². The minimum absolute atomic E-state index is 0. The maximum atomic E-state index is 5.76. The second kappa shape index (κ2) is 9.76. The van der Waals surface area contributed by atoms with E-state index in [0.29, 0.717) is 0 Å². The third-order valence-corrected chi connectivity index (χ3v) is 5.09. The zero-order valence-corrected chi connectivity index (χ0v) is 17.9. The summed E-state index contributed by atoms with van der Waals surface area (Å²) in [7, 11) is 2.10. The van der Waals surface area contributed by atoms with E-state index in [1.807, 2.05) is 0 Å². The van der Waals surface area contributed by atoms with Gasteiger partial charge >= 0.3 is 0 Å². The molecule has 0 atom stereocenters. The number of hydrogen-bond acceptors (Lipinski definition) is 2. The lowest BCUT2D eigenvalue weighted by molar-refractivity contribution is 0.115. The van der Waals surface area contributed by atoms with E-state index in [0.717, 1.165) is 44.7 Å². The molecule has 0 aliphatic heterocycles. The summed E-state index contributed by atoms with van der Waals surface area (Å²) >= 11 is 0. The number of likely N-dealkylation sites (N-methyl/N-ethyl adjacent to an activating group) is 1. The van der Waals surface area contributed by atoms with Crippen molar-refractivity contribution in [1.29, 1.82) is 0 Å². The van der Waals surface area contributed by atoms with Gasteiger partial charge in [0, 0.05) is 32.2 Å². The van der Waals surface area contributed by atoms with E-state index in [1.54, 1.807) is 0 Å². The van der Waals surface area contributed by atoms with Gasteiger partial charge in [-0.2, -0.15) is 0 Å². The highest BCUT2D eigenvalue weighted by Gasteiger charge is 2.44. The molecular weight excluding hydrogens is 425 g/mol. The van der Waals surface area contributed by atoms with E-state index in [2.05, 4.69) is 54.5 Å². The van der Waals surface area contributed by atoms with E-state index in [4.69, 9.17) is 9.73 Å². The first-order chi connectivity index (χ1) is 11.7. The fourth-order valence-corrected chi connectivity index (χ4v) is 3.02. The Hall–Kier alpha value is -0.820. The van der Waals surface area contributed by atoms with Crippen LogP contribution in [-0.2, 0) is 10.2 Å². The van der Waals surface area contributed by atoms with Gasteiger partial charge in [-0.1, -0.05) is 30.3 Å². The van der Waals surface area contributed by atoms with E-state index < -0.39 is 0 Å². The number of halogens is 1. The number of benzene rings is 1. The maximum Gasteiger partial charge on any atom is 0.193 e. The van der Waals surface area contributed by atoms with Crippen molar-refractivity contribution in [2.75, 3.05) is 39.9 Å². The summed E-state index contributed by atoms with van der Waals surface area (Å²) in [6.45, 7) is 6.48. The maximum absolute atomic E-state index is 5.76. The largest absolute Gasteiger partial charge is 0.379 e. The van der Waals surface area contributed by atoms with Crippen molar-refractivity contribution >= 4 is 29.9 Å². The zero-order valence-electron chi connectivity index (χ0n) is 15.5. The minimum atomic E-state index is 0. The molecule has 1 N–H and O–H groups in total. The van der Waals surface area contributed by atoms with E-state index in [-0.39, 0.29) is 29.4 Å². The predicted octanol–water partition coefficient (Wildman–Crippen LogP) is 3.66. The van der Waals surface area contributed by atoms with E-state index in [9.17, 15) is 0 Å². The van der Waals surface area contributed by atoms with Crippen LogP contribution in [-0.4, -0.2) is 50.8 Å². The van der Waals surface area contributed by atoms with Crippen LogP contribution in [0.2, 0.25) is 0 Å². The molecule has 1 aromatic rings. The summed E-state index contributed by atoms with van der Waals surface area (Å²) in [6.07, 6.45) is 5.19. The molecule has 25 heavy (non-hydrogen) atoms. The summed E-state index contributed by atoms with van der Waals surface area (Å²) in [5.41, 5.74) is 1.70. The van der Waals surface area contributed by atoms with Crippen LogP contribution in [0.4, 0.5) is 0 Å². The lowest BCUT2D eigenvalue weighted by Crippen LogP contribution is -2.41. The first kappa shape index (κ1) is 20.5. The Morgan fingerprint density at radius 2 is 2.00 bits per heavy atom. The Morgan fingerprint density at radius 3 is 2.60 bits per heavy atom. The molecular formula is C20H32IN3O. The van der Waals surface area contributed by atoms with Gasteiger partial charge in [0.05, 0.1) is 13.2 Å². The van der Waals surface area contributed by atoms with E-state index >= 15 is 0 Å². The van der Waals surface area contributed by atoms with Crippen LogP contribution in [0.3, 0.4) is 0 Å². The molecule has 0 heterocycles. The molecule has 2 saturated carbocycles. The molecule has 0 unspecified atom stereocenters. The van der Waals surface area contributed by atoms with Gasteiger partial charge in [0.25, 0.3) is 0 Å². The quantitative estimate of drug-likeness (QED) is 0.266. The van der Waals surface area contributed by atoms with E-state index in [1.165, 1.54) is 31.2 Å². The molecule has 0 saturated heterocycles. The Kier molecular flexibility index (Phi) is 8.00.